The molecule has 0 unspecified atom stereocenters. The van der Waals surface area contributed by atoms with Crippen molar-refractivity contribution in [3.8, 4) is 17.2 Å². The van der Waals surface area contributed by atoms with E-state index in [1.54, 1.807) is 12.1 Å². The van der Waals surface area contributed by atoms with Crippen molar-refractivity contribution in [3.63, 3.8) is 0 Å². The number of carbonyl (C=O) groups is 2. The average molecular weight is 402 g/mol. The van der Waals surface area contributed by atoms with Gasteiger partial charge < -0.3 is 24.3 Å². The molecule has 152 valence electrons. The molecule has 0 bridgehead atoms. The van der Waals surface area contributed by atoms with Gasteiger partial charge in [-0.1, -0.05) is 12.1 Å². The second-order valence-electron chi connectivity index (χ2n) is 6.02. The van der Waals surface area contributed by atoms with Crippen LogP contribution in [0.1, 0.15) is 10.4 Å². The summed E-state index contributed by atoms with van der Waals surface area (Å²) in [5.74, 6) is -0.162. The molecule has 0 spiro atoms. The normalized spacial score (nSPS) is 14.6. The number of carbonyl (C=O) groups excluding carboxylic acids is 2. The molecule has 0 saturated carbocycles. The molecule has 0 aromatic heterocycles. The number of methoxy groups -OCH3 is 1. The quantitative estimate of drug-likeness (QED) is 0.421. The molecule has 29 heavy (non-hydrogen) atoms. The predicted molar refractivity (Wildman–Crippen MR) is 99.3 cm³/mol. The SMILES string of the molecule is COc1ccc(C(=O)OCC(=O)NC[C@@H]2COc3ccccc3O2)cc1[N+](=O)[O-]. The van der Waals surface area contributed by atoms with Crippen molar-refractivity contribution in [3.05, 3.63) is 58.1 Å². The fraction of sp³-hybridized carbons (Fsp3) is 0.263. The van der Waals surface area contributed by atoms with Crippen LogP contribution < -0.4 is 19.5 Å². The Balaban J connectivity index is 1.48. The van der Waals surface area contributed by atoms with Gasteiger partial charge in [-0.2, -0.15) is 0 Å². The summed E-state index contributed by atoms with van der Waals surface area (Å²) in [5, 5.41) is 13.6. The smallest absolute Gasteiger partial charge is 0.338 e. The van der Waals surface area contributed by atoms with Crippen molar-refractivity contribution in [1.29, 1.82) is 0 Å². The van der Waals surface area contributed by atoms with E-state index in [-0.39, 0.29) is 36.3 Å². The van der Waals surface area contributed by atoms with Gasteiger partial charge in [-0.05, 0) is 24.3 Å². The van der Waals surface area contributed by atoms with E-state index in [1.807, 2.05) is 12.1 Å². The third kappa shape index (κ3) is 4.92. The minimum Gasteiger partial charge on any atom is -0.490 e. The molecule has 0 saturated heterocycles. The molecule has 2 aromatic carbocycles. The van der Waals surface area contributed by atoms with Crippen molar-refractivity contribution in [1.82, 2.24) is 5.32 Å². The van der Waals surface area contributed by atoms with Crippen LogP contribution in [0.5, 0.6) is 17.2 Å². The first-order valence-electron chi connectivity index (χ1n) is 8.62. The van der Waals surface area contributed by atoms with Crippen molar-refractivity contribution < 1.29 is 33.5 Å². The minimum atomic E-state index is -0.864. The molecule has 0 radical (unpaired) electrons. The number of nitro benzene ring substituents is 1. The largest absolute Gasteiger partial charge is 0.490 e. The summed E-state index contributed by atoms with van der Waals surface area (Å²) in [6, 6.07) is 10.8. The molecule has 1 heterocycles. The fourth-order valence-electron chi connectivity index (χ4n) is 2.62. The average Bonchev–Trinajstić information content (AvgIpc) is 2.75. The molecule has 10 nitrogen and oxygen atoms in total. The van der Waals surface area contributed by atoms with E-state index in [9.17, 15) is 19.7 Å². The lowest BCUT2D eigenvalue weighted by Gasteiger charge is -2.26. The molecule has 0 fully saturated rings. The molecular formula is C19H18N2O8. The van der Waals surface area contributed by atoms with Crippen LogP contribution in [0.25, 0.3) is 0 Å². The van der Waals surface area contributed by atoms with E-state index in [2.05, 4.69) is 5.32 Å². The Bertz CT molecular complexity index is 930. The number of amides is 1. The Kier molecular flexibility index (Phi) is 6.12. The number of ether oxygens (including phenoxy) is 4. The predicted octanol–water partition coefficient (Wildman–Crippen LogP) is 1.72. The Morgan fingerprint density at radius 2 is 2.00 bits per heavy atom. The summed E-state index contributed by atoms with van der Waals surface area (Å²) in [6.07, 6.45) is -0.381. The lowest BCUT2D eigenvalue weighted by Crippen LogP contribution is -2.42. The zero-order chi connectivity index (χ0) is 20.8. The van der Waals surface area contributed by atoms with Gasteiger partial charge in [0.25, 0.3) is 5.91 Å². The maximum absolute atomic E-state index is 12.1. The highest BCUT2D eigenvalue weighted by Gasteiger charge is 2.22. The topological polar surface area (TPSA) is 126 Å². The fourth-order valence-corrected chi connectivity index (χ4v) is 2.62. The van der Waals surface area contributed by atoms with Crippen LogP contribution in [0, 0.1) is 10.1 Å². The first-order valence-corrected chi connectivity index (χ1v) is 8.62. The number of esters is 1. The molecule has 1 amide bonds. The highest BCUT2D eigenvalue weighted by Crippen LogP contribution is 2.30. The van der Waals surface area contributed by atoms with E-state index in [4.69, 9.17) is 18.9 Å². The second kappa shape index (κ2) is 8.91. The molecule has 1 atom stereocenters. The van der Waals surface area contributed by atoms with Gasteiger partial charge in [-0.15, -0.1) is 0 Å². The summed E-state index contributed by atoms with van der Waals surface area (Å²) in [6.45, 7) is -0.103. The monoisotopic (exact) mass is 402 g/mol. The summed E-state index contributed by atoms with van der Waals surface area (Å²) in [5.41, 5.74) is -0.438. The van der Waals surface area contributed by atoms with Gasteiger partial charge in [0, 0.05) is 6.07 Å². The maximum atomic E-state index is 12.1. The number of benzene rings is 2. The van der Waals surface area contributed by atoms with E-state index in [1.165, 1.54) is 19.2 Å². The van der Waals surface area contributed by atoms with Crippen LogP contribution in [0.15, 0.2) is 42.5 Å². The van der Waals surface area contributed by atoms with E-state index in [0.29, 0.717) is 11.5 Å². The van der Waals surface area contributed by atoms with Gasteiger partial charge in [0.05, 0.1) is 24.1 Å². The highest BCUT2D eigenvalue weighted by atomic mass is 16.6. The van der Waals surface area contributed by atoms with Crippen molar-refractivity contribution >= 4 is 17.6 Å². The molecular weight excluding hydrogens is 384 g/mol. The summed E-state index contributed by atoms with van der Waals surface area (Å²) in [7, 11) is 1.28. The highest BCUT2D eigenvalue weighted by molar-refractivity contribution is 5.92. The van der Waals surface area contributed by atoms with E-state index >= 15 is 0 Å². The number of para-hydroxylation sites is 2. The minimum absolute atomic E-state index is 0.0144. The van der Waals surface area contributed by atoms with Gasteiger partial charge in [0.1, 0.15) is 12.7 Å². The maximum Gasteiger partial charge on any atom is 0.338 e. The standard InChI is InChI=1S/C19H18N2O8/c1-26-15-7-6-12(8-14(15)21(24)25)19(23)28-11-18(22)20-9-13-10-27-16-4-2-3-5-17(16)29-13/h2-8,13H,9-11H2,1H3,(H,20,22)/t13-/m1/s1. The van der Waals surface area contributed by atoms with Gasteiger partial charge in [-0.3, -0.25) is 14.9 Å². The summed E-state index contributed by atoms with van der Waals surface area (Å²) in [4.78, 5) is 34.3. The zero-order valence-electron chi connectivity index (χ0n) is 15.5. The zero-order valence-corrected chi connectivity index (χ0v) is 15.5. The molecule has 3 rings (SSSR count). The molecule has 10 heteroatoms. The van der Waals surface area contributed by atoms with Gasteiger partial charge in [0.2, 0.25) is 0 Å². The summed E-state index contributed by atoms with van der Waals surface area (Å²) >= 11 is 0. The first-order chi connectivity index (χ1) is 14.0. The number of rotatable bonds is 7. The number of nitrogens with zero attached hydrogens (tertiary/aromatic N) is 1. The Labute approximate surface area is 165 Å². The lowest BCUT2D eigenvalue weighted by atomic mass is 10.2. The Morgan fingerprint density at radius 3 is 2.72 bits per heavy atom. The molecule has 2 aromatic rings. The van der Waals surface area contributed by atoms with Crippen molar-refractivity contribution in [2.45, 2.75) is 6.10 Å². The van der Waals surface area contributed by atoms with Gasteiger partial charge in [-0.25, -0.2) is 4.79 Å². The van der Waals surface area contributed by atoms with Crippen LogP contribution >= 0.6 is 0 Å². The van der Waals surface area contributed by atoms with Crippen molar-refractivity contribution in [2.24, 2.45) is 0 Å². The van der Waals surface area contributed by atoms with Crippen LogP contribution in [0.3, 0.4) is 0 Å². The number of nitrogens with one attached hydrogen (secondary N) is 1. The molecule has 1 aliphatic heterocycles. The van der Waals surface area contributed by atoms with Gasteiger partial charge in [0.15, 0.2) is 23.9 Å². The van der Waals surface area contributed by atoms with Gasteiger partial charge >= 0.3 is 11.7 Å². The van der Waals surface area contributed by atoms with Crippen LogP contribution in [-0.4, -0.2) is 49.8 Å². The molecule has 0 aliphatic carbocycles. The van der Waals surface area contributed by atoms with E-state index < -0.39 is 23.4 Å². The van der Waals surface area contributed by atoms with Crippen molar-refractivity contribution in [2.75, 3.05) is 26.9 Å². The molecule has 1 aliphatic rings. The number of hydrogen-bond acceptors (Lipinski definition) is 8. The Hall–Kier alpha value is -3.82. The van der Waals surface area contributed by atoms with Crippen LogP contribution in [0.4, 0.5) is 5.69 Å². The first kappa shape index (κ1) is 19.9. The summed E-state index contributed by atoms with van der Waals surface area (Å²) < 4.78 is 21.0. The third-order valence-electron chi connectivity index (χ3n) is 4.04. The van der Waals surface area contributed by atoms with Crippen LogP contribution in [-0.2, 0) is 9.53 Å². The second-order valence-corrected chi connectivity index (χ2v) is 6.02. The number of fused-ring (bicyclic) bond motifs is 1. The number of hydrogen-bond donors (Lipinski definition) is 1. The third-order valence-corrected chi connectivity index (χ3v) is 4.04. The van der Waals surface area contributed by atoms with Crippen LogP contribution in [0.2, 0.25) is 0 Å². The number of nitro groups is 1. The van der Waals surface area contributed by atoms with E-state index in [0.717, 1.165) is 6.07 Å². The Morgan fingerprint density at radius 1 is 1.24 bits per heavy atom. The lowest BCUT2D eigenvalue weighted by molar-refractivity contribution is -0.385. The molecule has 1 N–H and O–H groups in total.